The Hall–Kier alpha value is -2.85. The zero-order chi connectivity index (χ0) is 14.5. The maximum atomic E-state index is 9.18. The van der Waals surface area contributed by atoms with Crippen molar-refractivity contribution in [2.75, 3.05) is 0 Å². The van der Waals surface area contributed by atoms with Crippen LogP contribution in [-0.2, 0) is 6.42 Å². The van der Waals surface area contributed by atoms with Crippen LogP contribution in [0.4, 0.5) is 0 Å². The fourth-order valence-electron chi connectivity index (χ4n) is 1.89. The molecule has 0 unspecified atom stereocenters. The van der Waals surface area contributed by atoms with Gasteiger partial charge in [0.25, 0.3) is 0 Å². The Morgan fingerprint density at radius 3 is 2.45 bits per heavy atom. The van der Waals surface area contributed by atoms with Crippen LogP contribution in [0.1, 0.15) is 22.4 Å². The Bertz CT molecular complexity index is 706. The molecular weight excluding hydrogens is 250 g/mol. The molecule has 0 bridgehead atoms. The molecule has 0 fully saturated rings. The van der Waals surface area contributed by atoms with E-state index in [0.29, 0.717) is 23.6 Å². The molecular formula is C16H13N3O. The van der Waals surface area contributed by atoms with Crippen LogP contribution in [0.3, 0.4) is 0 Å². The molecule has 1 aromatic carbocycles. The summed E-state index contributed by atoms with van der Waals surface area (Å²) < 4.78 is 5.68. The van der Waals surface area contributed by atoms with Gasteiger partial charge in [-0.2, -0.15) is 10.5 Å². The van der Waals surface area contributed by atoms with Gasteiger partial charge in [0, 0.05) is 5.69 Å². The first-order valence-electron chi connectivity index (χ1n) is 6.16. The summed E-state index contributed by atoms with van der Waals surface area (Å²) in [6.07, 6.45) is 0.367. The number of ether oxygens (including phenoxy) is 1. The monoisotopic (exact) mass is 263 g/mol. The normalized spacial score (nSPS) is 9.60. The van der Waals surface area contributed by atoms with Gasteiger partial charge in [0.1, 0.15) is 17.4 Å². The van der Waals surface area contributed by atoms with Crippen molar-refractivity contribution >= 4 is 0 Å². The maximum absolute atomic E-state index is 9.18. The Kier molecular flexibility index (Phi) is 3.98. The quantitative estimate of drug-likeness (QED) is 0.850. The molecule has 0 N–H and O–H groups in total. The third-order valence-corrected chi connectivity index (χ3v) is 2.84. The fraction of sp³-hybridized carbons (Fsp3) is 0.188. The van der Waals surface area contributed by atoms with Crippen molar-refractivity contribution in [3.8, 4) is 23.8 Å². The van der Waals surface area contributed by atoms with Crippen molar-refractivity contribution in [3.63, 3.8) is 0 Å². The van der Waals surface area contributed by atoms with E-state index in [4.69, 9.17) is 10.00 Å². The summed E-state index contributed by atoms with van der Waals surface area (Å²) in [6, 6.07) is 13.2. The Labute approximate surface area is 117 Å². The van der Waals surface area contributed by atoms with Crippen LogP contribution in [0.5, 0.6) is 11.6 Å². The van der Waals surface area contributed by atoms with E-state index < -0.39 is 0 Å². The van der Waals surface area contributed by atoms with E-state index in [0.717, 1.165) is 16.8 Å². The van der Waals surface area contributed by atoms with E-state index in [2.05, 4.69) is 17.1 Å². The molecule has 4 nitrogen and oxygen atoms in total. The highest BCUT2D eigenvalue weighted by Gasteiger charge is 2.10. The summed E-state index contributed by atoms with van der Waals surface area (Å²) in [5, 5.41) is 17.8. The van der Waals surface area contributed by atoms with Crippen molar-refractivity contribution in [2.24, 2.45) is 0 Å². The summed E-state index contributed by atoms with van der Waals surface area (Å²) in [5.74, 6) is 0.915. The van der Waals surface area contributed by atoms with Crippen LogP contribution < -0.4 is 4.74 Å². The van der Waals surface area contributed by atoms with Gasteiger partial charge in [-0.3, -0.25) is 0 Å². The number of hydrogen-bond acceptors (Lipinski definition) is 4. The summed E-state index contributed by atoms with van der Waals surface area (Å²) in [4.78, 5) is 4.26. The molecule has 0 saturated heterocycles. The topological polar surface area (TPSA) is 69.7 Å². The molecule has 1 heterocycles. The zero-order valence-corrected chi connectivity index (χ0v) is 11.3. The third-order valence-electron chi connectivity index (χ3n) is 2.84. The van der Waals surface area contributed by atoms with Crippen molar-refractivity contribution in [3.05, 3.63) is 52.7 Å². The SMILES string of the molecule is Cc1cc(C)c(C#N)c(Oc2ccc(CC#N)cc2)n1. The van der Waals surface area contributed by atoms with Gasteiger partial charge in [-0.1, -0.05) is 12.1 Å². The molecule has 0 saturated carbocycles. The number of rotatable bonds is 3. The Morgan fingerprint density at radius 1 is 1.15 bits per heavy atom. The van der Waals surface area contributed by atoms with Crippen LogP contribution in [0.15, 0.2) is 30.3 Å². The van der Waals surface area contributed by atoms with E-state index in [1.54, 1.807) is 12.1 Å². The zero-order valence-electron chi connectivity index (χ0n) is 11.3. The van der Waals surface area contributed by atoms with Gasteiger partial charge in [-0.05, 0) is 43.2 Å². The molecule has 0 atom stereocenters. The molecule has 4 heteroatoms. The van der Waals surface area contributed by atoms with Gasteiger partial charge in [0.2, 0.25) is 5.88 Å². The summed E-state index contributed by atoms with van der Waals surface area (Å²) in [5.41, 5.74) is 3.01. The van der Waals surface area contributed by atoms with E-state index in [1.165, 1.54) is 0 Å². The lowest BCUT2D eigenvalue weighted by Crippen LogP contribution is -1.97. The van der Waals surface area contributed by atoms with E-state index in [9.17, 15) is 5.26 Å². The van der Waals surface area contributed by atoms with Crippen LogP contribution in [-0.4, -0.2) is 4.98 Å². The molecule has 0 spiro atoms. The van der Waals surface area contributed by atoms with E-state index in [1.807, 2.05) is 32.0 Å². The number of nitrogens with zero attached hydrogens (tertiary/aromatic N) is 3. The Balaban J connectivity index is 2.31. The van der Waals surface area contributed by atoms with Crippen LogP contribution in [0.2, 0.25) is 0 Å². The second-order valence-corrected chi connectivity index (χ2v) is 4.45. The summed E-state index contributed by atoms with van der Waals surface area (Å²) in [6.45, 7) is 3.72. The molecule has 0 radical (unpaired) electrons. The molecule has 0 aliphatic heterocycles. The largest absolute Gasteiger partial charge is 0.438 e. The van der Waals surface area contributed by atoms with Crippen LogP contribution in [0, 0.1) is 36.5 Å². The van der Waals surface area contributed by atoms with Gasteiger partial charge in [0.15, 0.2) is 0 Å². The lowest BCUT2D eigenvalue weighted by molar-refractivity contribution is 0.459. The minimum Gasteiger partial charge on any atom is -0.438 e. The fourth-order valence-corrected chi connectivity index (χ4v) is 1.89. The van der Waals surface area contributed by atoms with Gasteiger partial charge in [-0.25, -0.2) is 4.98 Å². The smallest absolute Gasteiger partial charge is 0.237 e. The predicted octanol–water partition coefficient (Wildman–Crippen LogP) is 3.43. The van der Waals surface area contributed by atoms with Crippen molar-refractivity contribution in [1.29, 1.82) is 10.5 Å². The molecule has 2 aromatic rings. The number of aromatic nitrogens is 1. The third kappa shape index (κ3) is 2.93. The van der Waals surface area contributed by atoms with Crippen molar-refractivity contribution < 1.29 is 4.74 Å². The highest BCUT2D eigenvalue weighted by molar-refractivity contribution is 5.47. The van der Waals surface area contributed by atoms with Gasteiger partial charge in [-0.15, -0.1) is 0 Å². The summed E-state index contributed by atoms with van der Waals surface area (Å²) in [7, 11) is 0. The molecule has 20 heavy (non-hydrogen) atoms. The average Bonchev–Trinajstić information content (AvgIpc) is 2.41. The average molecular weight is 263 g/mol. The number of benzene rings is 1. The second kappa shape index (κ2) is 5.86. The molecule has 1 aromatic heterocycles. The maximum Gasteiger partial charge on any atom is 0.237 e. The standard InChI is InChI=1S/C16H13N3O/c1-11-9-12(2)19-16(15(11)10-18)20-14-5-3-13(4-6-14)7-8-17/h3-6,9H,7H2,1-2H3. The first-order valence-corrected chi connectivity index (χ1v) is 6.16. The second-order valence-electron chi connectivity index (χ2n) is 4.45. The minimum atomic E-state index is 0.318. The van der Waals surface area contributed by atoms with Crippen LogP contribution >= 0.6 is 0 Å². The first-order chi connectivity index (χ1) is 9.63. The molecule has 0 amide bonds. The lowest BCUT2D eigenvalue weighted by atomic mass is 10.1. The van der Waals surface area contributed by atoms with Crippen molar-refractivity contribution in [1.82, 2.24) is 4.98 Å². The van der Waals surface area contributed by atoms with Crippen LogP contribution in [0.25, 0.3) is 0 Å². The van der Waals surface area contributed by atoms with E-state index >= 15 is 0 Å². The highest BCUT2D eigenvalue weighted by Crippen LogP contribution is 2.26. The van der Waals surface area contributed by atoms with Crippen molar-refractivity contribution in [2.45, 2.75) is 20.3 Å². The molecule has 0 aliphatic rings. The number of pyridine rings is 1. The van der Waals surface area contributed by atoms with Gasteiger partial charge in [0.05, 0.1) is 12.5 Å². The number of nitriles is 2. The molecule has 0 aliphatic carbocycles. The van der Waals surface area contributed by atoms with Gasteiger partial charge < -0.3 is 4.74 Å². The number of aryl methyl sites for hydroxylation is 2. The van der Waals surface area contributed by atoms with E-state index in [-0.39, 0.29) is 0 Å². The predicted molar refractivity (Wildman–Crippen MR) is 74.3 cm³/mol. The molecule has 98 valence electrons. The minimum absolute atomic E-state index is 0.318. The molecule has 2 rings (SSSR count). The summed E-state index contributed by atoms with van der Waals surface area (Å²) >= 11 is 0. The highest BCUT2D eigenvalue weighted by atomic mass is 16.5. The first kappa shape index (κ1) is 13.6. The van der Waals surface area contributed by atoms with Gasteiger partial charge >= 0.3 is 0 Å². The number of hydrogen-bond donors (Lipinski definition) is 0. The Morgan fingerprint density at radius 2 is 1.85 bits per heavy atom. The lowest BCUT2D eigenvalue weighted by Gasteiger charge is -2.09.